The average Bonchev–Trinajstić information content (AvgIpc) is 3.19. The zero-order valence-electron chi connectivity index (χ0n) is 17.0. The molecule has 1 atom stereocenters. The summed E-state index contributed by atoms with van der Waals surface area (Å²) in [6.45, 7) is 9.85. The number of urea groups is 1. The summed E-state index contributed by atoms with van der Waals surface area (Å²) in [5.74, 6) is 0.0423. The highest BCUT2D eigenvalue weighted by Gasteiger charge is 2.27. The molecule has 2 fully saturated rings. The van der Waals surface area contributed by atoms with Gasteiger partial charge in [-0.2, -0.15) is 5.10 Å². The number of aromatic nitrogens is 2. The lowest BCUT2D eigenvalue weighted by atomic mass is 10.1. The lowest BCUT2D eigenvalue weighted by molar-refractivity contribution is -0.122. The van der Waals surface area contributed by atoms with Crippen molar-refractivity contribution in [3.8, 4) is 0 Å². The van der Waals surface area contributed by atoms with Crippen LogP contribution in [0.4, 0.5) is 4.79 Å². The molecule has 0 bridgehead atoms. The number of likely N-dealkylation sites (tertiary alicyclic amines) is 2. The van der Waals surface area contributed by atoms with Crippen LogP contribution in [0.5, 0.6) is 0 Å². The first-order valence-electron chi connectivity index (χ1n) is 10.3. The Morgan fingerprint density at radius 2 is 1.70 bits per heavy atom. The smallest absolute Gasteiger partial charge is 0.320 e. The zero-order chi connectivity index (χ0) is 19.4. The first kappa shape index (κ1) is 19.7. The van der Waals surface area contributed by atoms with Crippen LogP contribution in [0, 0.1) is 20.8 Å². The maximum atomic E-state index is 12.7. The second-order valence-corrected chi connectivity index (χ2v) is 7.95. The molecule has 1 unspecified atom stereocenters. The summed E-state index contributed by atoms with van der Waals surface area (Å²) in [4.78, 5) is 29.1. The van der Waals surface area contributed by atoms with Crippen LogP contribution in [0.15, 0.2) is 0 Å². The minimum absolute atomic E-state index is 0.0423. The van der Waals surface area contributed by atoms with Gasteiger partial charge in [-0.15, -0.1) is 0 Å². The summed E-state index contributed by atoms with van der Waals surface area (Å²) in [5, 5.41) is 7.65. The van der Waals surface area contributed by atoms with E-state index < -0.39 is 0 Å². The minimum atomic E-state index is 0.0423. The number of rotatable bonds is 4. The van der Waals surface area contributed by atoms with Gasteiger partial charge in [0.1, 0.15) is 0 Å². The van der Waals surface area contributed by atoms with Crippen molar-refractivity contribution >= 4 is 11.9 Å². The highest BCUT2D eigenvalue weighted by Crippen LogP contribution is 2.16. The van der Waals surface area contributed by atoms with Gasteiger partial charge in [0.05, 0.1) is 5.69 Å². The Bertz CT molecular complexity index is 678. The Morgan fingerprint density at radius 1 is 1.04 bits per heavy atom. The molecule has 3 heterocycles. The Labute approximate surface area is 162 Å². The molecular weight excluding hydrogens is 342 g/mol. The summed E-state index contributed by atoms with van der Waals surface area (Å²) in [6.07, 6.45) is 5.62. The van der Waals surface area contributed by atoms with Crippen molar-refractivity contribution in [2.45, 2.75) is 71.9 Å². The third kappa shape index (κ3) is 4.82. The van der Waals surface area contributed by atoms with Crippen molar-refractivity contribution in [1.29, 1.82) is 0 Å². The lowest BCUT2D eigenvalue weighted by Gasteiger charge is -2.29. The Morgan fingerprint density at radius 3 is 2.37 bits per heavy atom. The highest BCUT2D eigenvalue weighted by atomic mass is 16.2. The van der Waals surface area contributed by atoms with Gasteiger partial charge in [-0.05, 0) is 58.4 Å². The number of nitrogens with zero attached hydrogens (tertiary/aromatic N) is 4. The SMILES string of the molecule is Cc1nn(CCC(=O)NC2CCCCN(C(=O)N3CCCC3)C2)c(C)c1C. The van der Waals surface area contributed by atoms with Crippen molar-refractivity contribution < 1.29 is 9.59 Å². The fourth-order valence-corrected chi connectivity index (χ4v) is 4.05. The number of carbonyl (C=O) groups excluding carboxylic acids is 2. The molecule has 27 heavy (non-hydrogen) atoms. The first-order valence-corrected chi connectivity index (χ1v) is 10.3. The molecule has 0 spiro atoms. The topological polar surface area (TPSA) is 70.5 Å². The Balaban J connectivity index is 1.51. The third-order valence-electron chi connectivity index (χ3n) is 5.98. The van der Waals surface area contributed by atoms with E-state index in [0.29, 0.717) is 19.5 Å². The van der Waals surface area contributed by atoms with Crippen LogP contribution in [0.1, 0.15) is 55.5 Å². The van der Waals surface area contributed by atoms with Crippen molar-refractivity contribution in [1.82, 2.24) is 24.9 Å². The van der Waals surface area contributed by atoms with Gasteiger partial charge >= 0.3 is 6.03 Å². The Hall–Kier alpha value is -2.05. The molecule has 7 heteroatoms. The molecule has 3 amide bonds. The molecule has 2 aliphatic heterocycles. The van der Waals surface area contributed by atoms with Crippen LogP contribution in [0.25, 0.3) is 0 Å². The third-order valence-corrected chi connectivity index (χ3v) is 5.98. The number of hydrogen-bond donors (Lipinski definition) is 1. The van der Waals surface area contributed by atoms with E-state index in [1.165, 1.54) is 5.56 Å². The molecule has 3 rings (SSSR count). The van der Waals surface area contributed by atoms with Crippen molar-refractivity contribution in [2.75, 3.05) is 26.2 Å². The summed E-state index contributed by atoms with van der Waals surface area (Å²) < 4.78 is 1.92. The second-order valence-electron chi connectivity index (χ2n) is 7.95. The molecule has 0 saturated carbocycles. The van der Waals surface area contributed by atoms with Crippen LogP contribution in [-0.4, -0.2) is 63.7 Å². The normalized spacial score (nSPS) is 20.6. The van der Waals surface area contributed by atoms with E-state index in [1.54, 1.807) is 0 Å². The fraction of sp³-hybridized carbons (Fsp3) is 0.750. The molecule has 150 valence electrons. The number of nitrogens with one attached hydrogen (secondary N) is 1. The fourth-order valence-electron chi connectivity index (χ4n) is 4.05. The molecule has 1 aromatic heterocycles. The molecule has 2 aliphatic rings. The summed E-state index contributed by atoms with van der Waals surface area (Å²) in [6, 6.07) is 0.195. The van der Waals surface area contributed by atoms with Crippen LogP contribution in [0.2, 0.25) is 0 Å². The summed E-state index contributed by atoms with van der Waals surface area (Å²) in [7, 11) is 0. The van der Waals surface area contributed by atoms with E-state index in [0.717, 1.165) is 63.1 Å². The number of amides is 3. The van der Waals surface area contributed by atoms with Crippen molar-refractivity contribution in [2.24, 2.45) is 0 Å². The molecule has 0 radical (unpaired) electrons. The maximum absolute atomic E-state index is 12.7. The standard InChI is InChI=1S/C20H33N5O2/c1-15-16(2)22-25(17(15)3)13-9-19(26)21-18-8-4-5-12-24(14-18)20(27)23-10-6-7-11-23/h18H,4-14H2,1-3H3,(H,21,26). The molecule has 1 N–H and O–H groups in total. The van der Waals surface area contributed by atoms with Gasteiger partial charge in [0.25, 0.3) is 0 Å². The van der Waals surface area contributed by atoms with Gasteiger partial charge < -0.3 is 15.1 Å². The van der Waals surface area contributed by atoms with Gasteiger partial charge in [-0.3, -0.25) is 9.48 Å². The zero-order valence-corrected chi connectivity index (χ0v) is 17.0. The molecule has 0 aliphatic carbocycles. The molecule has 0 aromatic carbocycles. The monoisotopic (exact) mass is 375 g/mol. The second kappa shape index (κ2) is 8.76. The quantitative estimate of drug-likeness (QED) is 0.878. The molecule has 7 nitrogen and oxygen atoms in total. The largest absolute Gasteiger partial charge is 0.352 e. The van der Waals surface area contributed by atoms with E-state index >= 15 is 0 Å². The highest BCUT2D eigenvalue weighted by molar-refractivity contribution is 5.77. The van der Waals surface area contributed by atoms with Gasteiger partial charge in [0.15, 0.2) is 0 Å². The van der Waals surface area contributed by atoms with Gasteiger partial charge in [-0.1, -0.05) is 0 Å². The number of aryl methyl sites for hydroxylation is 2. The average molecular weight is 376 g/mol. The van der Waals surface area contributed by atoms with E-state index in [2.05, 4.69) is 17.3 Å². The van der Waals surface area contributed by atoms with E-state index in [9.17, 15) is 9.59 Å². The first-order chi connectivity index (χ1) is 13.0. The molecule has 1 aromatic rings. The van der Waals surface area contributed by atoms with E-state index in [4.69, 9.17) is 0 Å². The van der Waals surface area contributed by atoms with Crippen LogP contribution >= 0.6 is 0 Å². The summed E-state index contributed by atoms with van der Waals surface area (Å²) in [5.41, 5.74) is 3.33. The van der Waals surface area contributed by atoms with Crippen LogP contribution in [-0.2, 0) is 11.3 Å². The van der Waals surface area contributed by atoms with E-state index in [1.807, 2.05) is 28.3 Å². The van der Waals surface area contributed by atoms with Gasteiger partial charge in [-0.25, -0.2) is 4.79 Å². The minimum Gasteiger partial charge on any atom is -0.352 e. The number of hydrogen-bond acceptors (Lipinski definition) is 3. The van der Waals surface area contributed by atoms with Crippen molar-refractivity contribution in [3.05, 3.63) is 17.0 Å². The van der Waals surface area contributed by atoms with E-state index in [-0.39, 0.29) is 18.0 Å². The van der Waals surface area contributed by atoms with Gasteiger partial charge in [0, 0.05) is 50.9 Å². The predicted octanol–water partition coefficient (Wildman–Crippen LogP) is 2.38. The predicted molar refractivity (Wildman–Crippen MR) is 105 cm³/mol. The lowest BCUT2D eigenvalue weighted by Crippen LogP contribution is -2.48. The van der Waals surface area contributed by atoms with Crippen LogP contribution in [0.3, 0.4) is 0 Å². The van der Waals surface area contributed by atoms with Gasteiger partial charge in [0.2, 0.25) is 5.91 Å². The molecular formula is C20H33N5O2. The van der Waals surface area contributed by atoms with Crippen LogP contribution < -0.4 is 5.32 Å². The summed E-state index contributed by atoms with van der Waals surface area (Å²) >= 11 is 0. The Kier molecular flexibility index (Phi) is 6.39. The maximum Gasteiger partial charge on any atom is 0.320 e. The number of carbonyl (C=O) groups is 2. The molecule has 2 saturated heterocycles. The van der Waals surface area contributed by atoms with Crippen molar-refractivity contribution in [3.63, 3.8) is 0 Å².